The summed E-state index contributed by atoms with van der Waals surface area (Å²) in [5.74, 6) is -0.423. The highest BCUT2D eigenvalue weighted by molar-refractivity contribution is 6.33. The molecule has 0 heterocycles. The monoisotopic (exact) mass is 222 g/mol. The van der Waals surface area contributed by atoms with Crippen molar-refractivity contribution in [2.24, 2.45) is 0 Å². The Morgan fingerprint density at radius 2 is 1.73 bits per heavy atom. The topological polar surface area (TPSA) is 20.2 Å². The van der Waals surface area contributed by atoms with E-state index in [1.54, 1.807) is 24.3 Å². The van der Waals surface area contributed by atoms with E-state index in [2.05, 4.69) is 0 Å². The summed E-state index contributed by atoms with van der Waals surface area (Å²) >= 11 is 5.88. The van der Waals surface area contributed by atoms with Gasteiger partial charge in [-0.3, -0.25) is 0 Å². The van der Waals surface area contributed by atoms with Crippen LogP contribution in [0.2, 0.25) is 5.02 Å². The van der Waals surface area contributed by atoms with Crippen LogP contribution < -0.4 is 0 Å². The summed E-state index contributed by atoms with van der Waals surface area (Å²) < 4.78 is 13.5. The summed E-state index contributed by atoms with van der Waals surface area (Å²) in [6.07, 6.45) is 0. The third kappa shape index (κ3) is 1.81. The van der Waals surface area contributed by atoms with Crippen molar-refractivity contribution in [2.75, 3.05) is 0 Å². The van der Waals surface area contributed by atoms with E-state index in [0.29, 0.717) is 5.56 Å². The van der Waals surface area contributed by atoms with E-state index in [4.69, 9.17) is 11.6 Å². The molecule has 0 aliphatic carbocycles. The molecule has 2 rings (SSSR count). The number of aromatic hydroxyl groups is 1. The van der Waals surface area contributed by atoms with Crippen LogP contribution in [0.3, 0.4) is 0 Å². The fourth-order valence-corrected chi connectivity index (χ4v) is 1.70. The highest BCUT2D eigenvalue weighted by atomic mass is 35.5. The lowest BCUT2D eigenvalue weighted by atomic mass is 10.0. The second-order valence-electron chi connectivity index (χ2n) is 3.11. The lowest BCUT2D eigenvalue weighted by Crippen LogP contribution is -1.85. The van der Waals surface area contributed by atoms with Gasteiger partial charge in [0.2, 0.25) is 0 Å². The fraction of sp³-hybridized carbons (Fsp3) is 0. The van der Waals surface area contributed by atoms with E-state index in [-0.39, 0.29) is 16.3 Å². The van der Waals surface area contributed by atoms with Crippen molar-refractivity contribution in [3.63, 3.8) is 0 Å². The molecular weight excluding hydrogens is 215 g/mol. The average molecular weight is 223 g/mol. The molecule has 0 aliphatic rings. The van der Waals surface area contributed by atoms with E-state index in [1.165, 1.54) is 18.2 Å². The molecule has 2 aromatic carbocycles. The van der Waals surface area contributed by atoms with Gasteiger partial charge in [0.05, 0.1) is 5.02 Å². The van der Waals surface area contributed by atoms with Gasteiger partial charge in [-0.25, -0.2) is 4.39 Å². The maximum atomic E-state index is 13.5. The minimum absolute atomic E-state index is 0.0181. The van der Waals surface area contributed by atoms with Gasteiger partial charge in [0.1, 0.15) is 11.6 Å². The number of hydrogen-bond acceptors (Lipinski definition) is 1. The Balaban J connectivity index is 2.69. The van der Waals surface area contributed by atoms with Gasteiger partial charge >= 0.3 is 0 Å². The minimum Gasteiger partial charge on any atom is -0.507 e. The fourth-order valence-electron chi connectivity index (χ4n) is 1.44. The van der Waals surface area contributed by atoms with Crippen molar-refractivity contribution in [2.45, 2.75) is 0 Å². The summed E-state index contributed by atoms with van der Waals surface area (Å²) in [6, 6.07) is 10.9. The van der Waals surface area contributed by atoms with Crippen molar-refractivity contribution in [3.05, 3.63) is 53.3 Å². The average Bonchev–Trinajstić information content (AvgIpc) is 2.20. The minimum atomic E-state index is -0.441. The maximum Gasteiger partial charge on any atom is 0.132 e. The van der Waals surface area contributed by atoms with Gasteiger partial charge in [0, 0.05) is 11.1 Å². The Hall–Kier alpha value is -1.54. The van der Waals surface area contributed by atoms with Crippen LogP contribution >= 0.6 is 11.6 Å². The molecule has 1 nitrogen and oxygen atoms in total. The summed E-state index contributed by atoms with van der Waals surface area (Å²) in [7, 11) is 0. The van der Waals surface area contributed by atoms with Crippen molar-refractivity contribution in [1.82, 2.24) is 0 Å². The normalized spacial score (nSPS) is 10.3. The first-order valence-electron chi connectivity index (χ1n) is 4.42. The first-order chi connectivity index (χ1) is 7.20. The van der Waals surface area contributed by atoms with Crippen LogP contribution in [0.25, 0.3) is 11.1 Å². The molecule has 0 amide bonds. The molecule has 0 saturated heterocycles. The smallest absolute Gasteiger partial charge is 0.132 e. The molecular formula is C12H8ClFO. The predicted octanol–water partition coefficient (Wildman–Crippen LogP) is 3.85. The number of phenols is 1. The van der Waals surface area contributed by atoms with Crippen molar-refractivity contribution in [1.29, 1.82) is 0 Å². The summed E-state index contributed by atoms with van der Waals surface area (Å²) in [5, 5.41) is 9.88. The number of benzene rings is 2. The van der Waals surface area contributed by atoms with Gasteiger partial charge in [-0.1, -0.05) is 35.9 Å². The van der Waals surface area contributed by atoms with Gasteiger partial charge in [-0.15, -0.1) is 0 Å². The van der Waals surface area contributed by atoms with Crippen molar-refractivity contribution in [3.8, 4) is 16.9 Å². The van der Waals surface area contributed by atoms with E-state index in [9.17, 15) is 9.50 Å². The first-order valence-corrected chi connectivity index (χ1v) is 4.80. The second kappa shape index (κ2) is 3.91. The predicted molar refractivity (Wildman–Crippen MR) is 58.5 cm³/mol. The Morgan fingerprint density at radius 1 is 1.00 bits per heavy atom. The third-order valence-electron chi connectivity index (χ3n) is 2.14. The number of hydrogen-bond donors (Lipinski definition) is 1. The van der Waals surface area contributed by atoms with E-state index in [0.717, 1.165) is 0 Å². The Labute approximate surface area is 91.8 Å². The van der Waals surface area contributed by atoms with Crippen LogP contribution in [0, 0.1) is 5.82 Å². The van der Waals surface area contributed by atoms with Gasteiger partial charge in [-0.05, 0) is 18.2 Å². The Morgan fingerprint density at radius 3 is 2.40 bits per heavy atom. The standard InChI is InChI=1S/C12H8ClFO/c13-9-5-3-6-10(14)12(9)8-4-1-2-7-11(8)15/h1-7,15H. The molecule has 0 radical (unpaired) electrons. The van der Waals surface area contributed by atoms with Gasteiger partial charge in [-0.2, -0.15) is 0 Å². The zero-order valence-corrected chi connectivity index (χ0v) is 8.50. The highest BCUT2D eigenvalue weighted by Crippen LogP contribution is 2.35. The zero-order valence-electron chi connectivity index (χ0n) is 7.74. The Bertz CT molecular complexity index is 476. The maximum absolute atomic E-state index is 13.5. The van der Waals surface area contributed by atoms with Crippen molar-refractivity contribution >= 4 is 11.6 Å². The molecule has 0 unspecified atom stereocenters. The lowest BCUT2D eigenvalue weighted by molar-refractivity contribution is 0.476. The third-order valence-corrected chi connectivity index (χ3v) is 2.45. The van der Waals surface area contributed by atoms with E-state index in [1.807, 2.05) is 0 Å². The highest BCUT2D eigenvalue weighted by Gasteiger charge is 2.12. The largest absolute Gasteiger partial charge is 0.507 e. The zero-order chi connectivity index (χ0) is 10.8. The summed E-state index contributed by atoms with van der Waals surface area (Å²) in [4.78, 5) is 0. The quantitative estimate of drug-likeness (QED) is 0.777. The van der Waals surface area contributed by atoms with Crippen LogP contribution in [0.15, 0.2) is 42.5 Å². The molecule has 2 aromatic rings. The molecule has 0 bridgehead atoms. The molecule has 0 fully saturated rings. The van der Waals surface area contributed by atoms with E-state index >= 15 is 0 Å². The number of rotatable bonds is 1. The molecule has 0 saturated carbocycles. The summed E-state index contributed by atoms with van der Waals surface area (Å²) in [6.45, 7) is 0. The van der Waals surface area contributed by atoms with E-state index < -0.39 is 5.82 Å². The molecule has 0 atom stereocenters. The Kier molecular flexibility index (Phi) is 2.60. The summed E-state index contributed by atoms with van der Waals surface area (Å²) in [5.41, 5.74) is 0.637. The SMILES string of the molecule is Oc1ccccc1-c1c(F)cccc1Cl. The van der Waals surface area contributed by atoms with Crippen LogP contribution in [0.5, 0.6) is 5.75 Å². The van der Waals surface area contributed by atoms with Gasteiger partial charge < -0.3 is 5.11 Å². The number of halogens is 2. The lowest BCUT2D eigenvalue weighted by Gasteiger charge is -2.07. The molecule has 0 aromatic heterocycles. The second-order valence-corrected chi connectivity index (χ2v) is 3.52. The number of phenolic OH excluding ortho intramolecular Hbond substituents is 1. The van der Waals surface area contributed by atoms with Crippen LogP contribution in [-0.4, -0.2) is 5.11 Å². The van der Waals surface area contributed by atoms with Gasteiger partial charge in [0.25, 0.3) is 0 Å². The molecule has 1 N–H and O–H groups in total. The molecule has 76 valence electrons. The van der Waals surface area contributed by atoms with Crippen LogP contribution in [0.4, 0.5) is 4.39 Å². The molecule has 3 heteroatoms. The molecule has 0 aliphatic heterocycles. The first kappa shape index (κ1) is 9.99. The van der Waals surface area contributed by atoms with Crippen molar-refractivity contribution < 1.29 is 9.50 Å². The van der Waals surface area contributed by atoms with Gasteiger partial charge in [0.15, 0.2) is 0 Å². The number of para-hydroxylation sites is 1. The van der Waals surface area contributed by atoms with Crippen LogP contribution in [-0.2, 0) is 0 Å². The molecule has 15 heavy (non-hydrogen) atoms. The molecule has 0 spiro atoms. The van der Waals surface area contributed by atoms with Crippen LogP contribution in [0.1, 0.15) is 0 Å².